The smallest absolute Gasteiger partial charge is 0.375 e. The minimum Gasteiger partial charge on any atom is -0.460 e. The maximum Gasteiger partial charge on any atom is 0.375 e. The highest BCUT2D eigenvalue weighted by Gasteiger charge is 2.13. The number of aromatic nitrogens is 5. The number of carbonyl (C=O) groups is 1. The van der Waals surface area contributed by atoms with E-state index in [-0.39, 0.29) is 5.82 Å². The Morgan fingerprint density at radius 1 is 1.50 bits per heavy atom. The minimum absolute atomic E-state index is 0.0775. The first-order chi connectivity index (χ1) is 7.81. The van der Waals surface area contributed by atoms with Gasteiger partial charge in [-0.3, -0.25) is 5.10 Å². The average Bonchev–Trinajstić information content (AvgIpc) is 2.80. The van der Waals surface area contributed by atoms with Gasteiger partial charge in [-0.05, 0) is 13.0 Å². The van der Waals surface area contributed by atoms with Gasteiger partial charge in [-0.1, -0.05) is 0 Å². The molecule has 0 radical (unpaired) electrons. The number of hydrogen-bond acceptors (Lipinski definition) is 6. The van der Waals surface area contributed by atoms with Crippen LogP contribution in [0.25, 0.3) is 11.4 Å². The van der Waals surface area contributed by atoms with Gasteiger partial charge in [0.05, 0.1) is 19.0 Å². The van der Waals surface area contributed by atoms with Gasteiger partial charge in [-0.2, -0.15) is 15.3 Å². The lowest BCUT2D eigenvalue weighted by molar-refractivity contribution is 0.0512. The van der Waals surface area contributed by atoms with Crippen LogP contribution in [-0.4, -0.2) is 38.0 Å². The van der Waals surface area contributed by atoms with Crippen LogP contribution in [0.3, 0.4) is 0 Å². The highest BCUT2D eigenvalue weighted by atomic mass is 16.5. The minimum atomic E-state index is -0.525. The van der Waals surface area contributed by atoms with E-state index < -0.39 is 5.97 Å². The Morgan fingerprint density at radius 3 is 3.06 bits per heavy atom. The second-order valence-electron chi connectivity index (χ2n) is 2.86. The number of nitrogens with zero attached hydrogens (tertiary/aromatic N) is 4. The molecule has 0 amide bonds. The molecule has 16 heavy (non-hydrogen) atoms. The SMILES string of the molecule is CCOC(=O)c1nc(-c2ccnnc2)n[nH]1. The predicted molar refractivity (Wildman–Crippen MR) is 53.4 cm³/mol. The monoisotopic (exact) mass is 219 g/mol. The highest BCUT2D eigenvalue weighted by Crippen LogP contribution is 2.11. The molecule has 2 rings (SSSR count). The number of aromatic amines is 1. The fourth-order valence-corrected chi connectivity index (χ4v) is 1.10. The first-order valence-electron chi connectivity index (χ1n) is 4.68. The molecular weight excluding hydrogens is 210 g/mol. The molecule has 7 heteroatoms. The maximum atomic E-state index is 11.3. The van der Waals surface area contributed by atoms with Gasteiger partial charge in [0.2, 0.25) is 5.82 Å². The Bertz CT molecular complexity index is 482. The fourth-order valence-electron chi connectivity index (χ4n) is 1.10. The van der Waals surface area contributed by atoms with E-state index in [0.717, 1.165) is 0 Å². The summed E-state index contributed by atoms with van der Waals surface area (Å²) in [6, 6.07) is 1.70. The number of ether oxygens (including phenoxy) is 1. The molecule has 0 unspecified atom stereocenters. The van der Waals surface area contributed by atoms with E-state index >= 15 is 0 Å². The van der Waals surface area contributed by atoms with Gasteiger partial charge >= 0.3 is 5.97 Å². The van der Waals surface area contributed by atoms with E-state index in [0.29, 0.717) is 18.0 Å². The van der Waals surface area contributed by atoms with E-state index in [4.69, 9.17) is 4.74 Å². The van der Waals surface area contributed by atoms with Gasteiger partial charge in [0.1, 0.15) is 0 Å². The van der Waals surface area contributed by atoms with Crippen molar-refractivity contribution in [3.05, 3.63) is 24.3 Å². The lowest BCUT2D eigenvalue weighted by Crippen LogP contribution is -2.06. The van der Waals surface area contributed by atoms with E-state index in [9.17, 15) is 4.79 Å². The first kappa shape index (κ1) is 10.2. The Hall–Kier alpha value is -2.31. The topological polar surface area (TPSA) is 93.7 Å². The maximum absolute atomic E-state index is 11.3. The van der Waals surface area contributed by atoms with Crippen LogP contribution < -0.4 is 0 Å². The van der Waals surface area contributed by atoms with Crippen LogP contribution in [0.5, 0.6) is 0 Å². The van der Waals surface area contributed by atoms with Crippen LogP contribution in [0.4, 0.5) is 0 Å². The molecule has 0 aliphatic heterocycles. The molecule has 0 aliphatic carbocycles. The van der Waals surface area contributed by atoms with Crippen molar-refractivity contribution in [3.8, 4) is 11.4 Å². The van der Waals surface area contributed by atoms with Gasteiger partial charge in [0.25, 0.3) is 0 Å². The molecule has 0 aliphatic rings. The van der Waals surface area contributed by atoms with E-state index in [1.54, 1.807) is 13.0 Å². The summed E-state index contributed by atoms with van der Waals surface area (Å²) in [5.74, 6) is -0.0603. The zero-order chi connectivity index (χ0) is 11.4. The van der Waals surface area contributed by atoms with Gasteiger partial charge in [-0.25, -0.2) is 9.78 Å². The molecule has 1 N–H and O–H groups in total. The largest absolute Gasteiger partial charge is 0.460 e. The van der Waals surface area contributed by atoms with E-state index in [2.05, 4.69) is 25.4 Å². The summed E-state index contributed by atoms with van der Waals surface area (Å²) >= 11 is 0. The Labute approximate surface area is 90.9 Å². The van der Waals surface area contributed by atoms with Crippen LogP contribution in [0.15, 0.2) is 18.5 Å². The zero-order valence-electron chi connectivity index (χ0n) is 8.54. The normalized spacial score (nSPS) is 10.1. The van der Waals surface area contributed by atoms with Crippen LogP contribution in [0, 0.1) is 0 Å². The molecule has 2 heterocycles. The van der Waals surface area contributed by atoms with Gasteiger partial charge < -0.3 is 4.74 Å². The van der Waals surface area contributed by atoms with Crippen LogP contribution in [0.1, 0.15) is 17.5 Å². The van der Waals surface area contributed by atoms with Crippen molar-refractivity contribution in [2.75, 3.05) is 6.61 Å². The summed E-state index contributed by atoms with van der Waals surface area (Å²) in [5.41, 5.74) is 0.682. The quantitative estimate of drug-likeness (QED) is 0.752. The van der Waals surface area contributed by atoms with Crippen molar-refractivity contribution < 1.29 is 9.53 Å². The molecule has 0 atom stereocenters. The molecular formula is C9H9N5O2. The van der Waals surface area contributed by atoms with E-state index in [1.807, 2.05) is 0 Å². The highest BCUT2D eigenvalue weighted by molar-refractivity contribution is 5.85. The summed E-state index contributed by atoms with van der Waals surface area (Å²) in [6.07, 6.45) is 3.04. The second-order valence-corrected chi connectivity index (χ2v) is 2.86. The molecule has 0 saturated carbocycles. The third kappa shape index (κ3) is 2.02. The lowest BCUT2D eigenvalue weighted by atomic mass is 10.3. The molecule has 0 bridgehead atoms. The van der Waals surface area contributed by atoms with Crippen LogP contribution >= 0.6 is 0 Å². The second kappa shape index (κ2) is 4.47. The third-order valence-electron chi connectivity index (χ3n) is 1.80. The lowest BCUT2D eigenvalue weighted by Gasteiger charge is -1.95. The standard InChI is InChI=1S/C9H9N5O2/c1-2-16-9(15)8-12-7(13-14-8)6-3-4-10-11-5-6/h3-5H,2H2,1H3,(H,12,13,14). The predicted octanol–water partition coefficient (Wildman–Crippen LogP) is 0.438. The fraction of sp³-hybridized carbons (Fsp3) is 0.222. The number of carbonyl (C=O) groups excluding carboxylic acids is 1. The number of nitrogens with one attached hydrogen (secondary N) is 1. The Balaban J connectivity index is 2.23. The van der Waals surface area contributed by atoms with Gasteiger partial charge in [0, 0.05) is 5.56 Å². The number of H-pyrrole nitrogens is 1. The Kier molecular flexibility index (Phi) is 2.86. The molecule has 0 saturated heterocycles. The summed E-state index contributed by atoms with van der Waals surface area (Å²) in [4.78, 5) is 15.3. The van der Waals surface area contributed by atoms with Crippen molar-refractivity contribution in [1.82, 2.24) is 25.4 Å². The molecule has 82 valence electrons. The van der Waals surface area contributed by atoms with Gasteiger partial charge in [-0.15, -0.1) is 0 Å². The molecule has 0 aromatic carbocycles. The number of rotatable bonds is 3. The summed E-state index contributed by atoms with van der Waals surface area (Å²) < 4.78 is 4.78. The molecule has 0 fully saturated rings. The van der Waals surface area contributed by atoms with E-state index in [1.165, 1.54) is 12.4 Å². The first-order valence-corrected chi connectivity index (χ1v) is 4.68. The zero-order valence-corrected chi connectivity index (χ0v) is 8.54. The van der Waals surface area contributed by atoms with Crippen molar-refractivity contribution >= 4 is 5.97 Å². The molecule has 0 spiro atoms. The van der Waals surface area contributed by atoms with Crippen LogP contribution in [0.2, 0.25) is 0 Å². The Morgan fingerprint density at radius 2 is 2.38 bits per heavy atom. The number of hydrogen-bond donors (Lipinski definition) is 1. The third-order valence-corrected chi connectivity index (χ3v) is 1.80. The summed E-state index contributed by atoms with van der Waals surface area (Å²) in [7, 11) is 0. The van der Waals surface area contributed by atoms with Crippen LogP contribution in [-0.2, 0) is 4.74 Å². The van der Waals surface area contributed by atoms with Crippen molar-refractivity contribution in [2.45, 2.75) is 6.92 Å². The molecule has 2 aromatic rings. The number of esters is 1. The molecule has 7 nitrogen and oxygen atoms in total. The van der Waals surface area contributed by atoms with Gasteiger partial charge in [0.15, 0.2) is 5.82 Å². The average molecular weight is 219 g/mol. The summed E-state index contributed by atoms with van der Waals surface area (Å²) in [6.45, 7) is 2.02. The van der Waals surface area contributed by atoms with Crippen molar-refractivity contribution in [1.29, 1.82) is 0 Å². The summed E-state index contributed by atoms with van der Waals surface area (Å²) in [5, 5.41) is 13.7. The van der Waals surface area contributed by atoms with Crippen molar-refractivity contribution in [2.24, 2.45) is 0 Å². The molecule has 2 aromatic heterocycles. The van der Waals surface area contributed by atoms with Crippen molar-refractivity contribution in [3.63, 3.8) is 0 Å².